The maximum atomic E-state index is 12.1. The Hall–Kier alpha value is -1.40. The van der Waals surface area contributed by atoms with Crippen LogP contribution in [0.5, 0.6) is 0 Å². The molecule has 0 aromatic heterocycles. The van der Waals surface area contributed by atoms with Crippen molar-refractivity contribution in [3.63, 3.8) is 0 Å². The molecule has 0 heterocycles. The predicted octanol–water partition coefficient (Wildman–Crippen LogP) is 0.974. The minimum absolute atomic E-state index is 0.0532. The molecule has 1 aromatic rings. The Bertz CT molecular complexity index is 613. The zero-order valence-electron chi connectivity index (χ0n) is 11.9. The van der Waals surface area contributed by atoms with E-state index in [1.807, 2.05) is 18.2 Å². The van der Waals surface area contributed by atoms with Crippen LogP contribution in [0.3, 0.4) is 0 Å². The molecule has 20 heavy (non-hydrogen) atoms. The molecule has 0 saturated heterocycles. The third-order valence-corrected chi connectivity index (χ3v) is 4.36. The minimum atomic E-state index is -3.39. The molecule has 0 unspecified atom stereocenters. The maximum absolute atomic E-state index is 12.1. The van der Waals surface area contributed by atoms with Crippen molar-refractivity contribution in [2.75, 3.05) is 6.26 Å². The smallest absolute Gasteiger partial charge is 0.238 e. The Morgan fingerprint density at radius 1 is 1.35 bits per heavy atom. The SMILES string of the molecule is C[C@H](NS(C)(=O)=O)C(=O)N[C@H]1c2ccccc2C[C@H]1C. The van der Waals surface area contributed by atoms with Crippen LogP contribution < -0.4 is 10.0 Å². The van der Waals surface area contributed by atoms with Crippen LogP contribution in [-0.4, -0.2) is 26.6 Å². The first-order valence-electron chi connectivity index (χ1n) is 6.63. The van der Waals surface area contributed by atoms with Crippen molar-refractivity contribution >= 4 is 15.9 Å². The van der Waals surface area contributed by atoms with Gasteiger partial charge >= 0.3 is 0 Å². The largest absolute Gasteiger partial charge is 0.348 e. The highest BCUT2D eigenvalue weighted by molar-refractivity contribution is 7.88. The number of hydrogen-bond donors (Lipinski definition) is 2. The molecule has 6 heteroatoms. The molecule has 0 bridgehead atoms. The Balaban J connectivity index is 2.09. The number of amides is 1. The highest BCUT2D eigenvalue weighted by Crippen LogP contribution is 2.35. The van der Waals surface area contributed by atoms with Crippen molar-refractivity contribution in [2.45, 2.75) is 32.4 Å². The van der Waals surface area contributed by atoms with Gasteiger partial charge in [0.2, 0.25) is 15.9 Å². The lowest BCUT2D eigenvalue weighted by molar-refractivity contribution is -0.123. The van der Waals surface area contributed by atoms with Gasteiger partial charge in [0.1, 0.15) is 0 Å². The monoisotopic (exact) mass is 296 g/mol. The summed E-state index contributed by atoms with van der Waals surface area (Å²) in [7, 11) is -3.39. The summed E-state index contributed by atoms with van der Waals surface area (Å²) in [5, 5.41) is 2.94. The summed E-state index contributed by atoms with van der Waals surface area (Å²) in [4.78, 5) is 12.1. The zero-order valence-corrected chi connectivity index (χ0v) is 12.7. The highest BCUT2D eigenvalue weighted by atomic mass is 32.2. The van der Waals surface area contributed by atoms with Crippen molar-refractivity contribution in [3.8, 4) is 0 Å². The van der Waals surface area contributed by atoms with Gasteiger partial charge in [-0.3, -0.25) is 4.79 Å². The first kappa shape index (κ1) is 15.0. The van der Waals surface area contributed by atoms with E-state index in [0.29, 0.717) is 5.92 Å². The van der Waals surface area contributed by atoms with Gasteiger partial charge < -0.3 is 5.32 Å². The van der Waals surface area contributed by atoms with E-state index < -0.39 is 16.1 Å². The molecule has 1 amide bonds. The van der Waals surface area contributed by atoms with E-state index >= 15 is 0 Å². The fourth-order valence-corrected chi connectivity index (χ4v) is 3.42. The quantitative estimate of drug-likeness (QED) is 0.869. The van der Waals surface area contributed by atoms with Crippen molar-refractivity contribution in [1.82, 2.24) is 10.0 Å². The van der Waals surface area contributed by atoms with Crippen molar-refractivity contribution < 1.29 is 13.2 Å². The molecule has 3 atom stereocenters. The van der Waals surface area contributed by atoms with Crippen molar-refractivity contribution in [1.29, 1.82) is 0 Å². The topological polar surface area (TPSA) is 75.3 Å². The third-order valence-electron chi connectivity index (χ3n) is 3.58. The number of carbonyl (C=O) groups excluding carboxylic acids is 1. The number of benzene rings is 1. The molecule has 0 fully saturated rings. The lowest BCUT2D eigenvalue weighted by atomic mass is 10.0. The molecule has 5 nitrogen and oxygen atoms in total. The molecule has 1 aliphatic rings. The lowest BCUT2D eigenvalue weighted by Gasteiger charge is -2.21. The van der Waals surface area contributed by atoms with Crippen LogP contribution in [0.2, 0.25) is 0 Å². The molecule has 0 radical (unpaired) electrons. The first-order chi connectivity index (χ1) is 9.28. The second kappa shape index (κ2) is 5.54. The average Bonchev–Trinajstić information content (AvgIpc) is 2.64. The second-order valence-corrected chi connectivity index (χ2v) is 7.26. The van der Waals surface area contributed by atoms with E-state index in [1.54, 1.807) is 6.92 Å². The van der Waals surface area contributed by atoms with Crippen LogP contribution >= 0.6 is 0 Å². The van der Waals surface area contributed by atoms with Gasteiger partial charge in [-0.25, -0.2) is 13.1 Å². The first-order valence-corrected chi connectivity index (χ1v) is 8.52. The van der Waals surface area contributed by atoms with E-state index in [0.717, 1.165) is 18.2 Å². The molecular weight excluding hydrogens is 276 g/mol. The molecule has 2 N–H and O–H groups in total. The normalized spacial score (nSPS) is 23.1. The van der Waals surface area contributed by atoms with Gasteiger partial charge in [-0.2, -0.15) is 0 Å². The van der Waals surface area contributed by atoms with Crippen molar-refractivity contribution in [2.24, 2.45) is 5.92 Å². The summed E-state index contributed by atoms with van der Waals surface area (Å²) in [6.45, 7) is 3.63. The van der Waals surface area contributed by atoms with Gasteiger partial charge in [0.25, 0.3) is 0 Å². The Morgan fingerprint density at radius 3 is 2.65 bits per heavy atom. The fraction of sp³-hybridized carbons (Fsp3) is 0.500. The number of hydrogen-bond acceptors (Lipinski definition) is 3. The predicted molar refractivity (Wildman–Crippen MR) is 77.6 cm³/mol. The number of nitrogens with one attached hydrogen (secondary N) is 2. The van der Waals surface area contributed by atoms with Crippen molar-refractivity contribution in [3.05, 3.63) is 35.4 Å². The summed E-state index contributed by atoms with van der Waals surface area (Å²) >= 11 is 0. The van der Waals surface area contributed by atoms with E-state index in [4.69, 9.17) is 0 Å². The van der Waals surface area contributed by atoms with Crippen LogP contribution in [0.25, 0.3) is 0 Å². The van der Waals surface area contributed by atoms with Crippen LogP contribution in [0, 0.1) is 5.92 Å². The second-order valence-electron chi connectivity index (χ2n) is 5.48. The standard InChI is InChI=1S/C14H20N2O3S/c1-9-8-11-6-4-5-7-12(11)13(9)15-14(17)10(2)16-20(3,18)19/h4-7,9-10,13,16H,8H2,1-3H3,(H,15,17)/t9-,10+,13-/m1/s1. The van der Waals surface area contributed by atoms with Gasteiger partial charge in [-0.05, 0) is 30.4 Å². The van der Waals surface area contributed by atoms with Crippen LogP contribution in [0.1, 0.15) is 31.0 Å². The Morgan fingerprint density at radius 2 is 2.00 bits per heavy atom. The molecule has 0 spiro atoms. The lowest BCUT2D eigenvalue weighted by Crippen LogP contribution is -2.46. The molecule has 2 rings (SSSR count). The minimum Gasteiger partial charge on any atom is -0.348 e. The third kappa shape index (κ3) is 3.37. The van der Waals surface area contributed by atoms with Gasteiger partial charge in [-0.15, -0.1) is 0 Å². The summed E-state index contributed by atoms with van der Waals surface area (Å²) in [5.41, 5.74) is 2.37. The Kier molecular flexibility index (Phi) is 4.15. The van der Waals surface area contributed by atoms with Gasteiger partial charge in [0, 0.05) is 0 Å². The Labute approximate surface area is 119 Å². The van der Waals surface area contributed by atoms with Crippen LogP contribution in [0.15, 0.2) is 24.3 Å². The average molecular weight is 296 g/mol. The van der Waals surface area contributed by atoms with Gasteiger partial charge in [0.15, 0.2) is 0 Å². The summed E-state index contributed by atoms with van der Waals surface area (Å²) < 4.78 is 24.6. The summed E-state index contributed by atoms with van der Waals surface area (Å²) in [6, 6.07) is 7.19. The zero-order chi connectivity index (χ0) is 14.9. The van der Waals surface area contributed by atoms with E-state index in [2.05, 4.69) is 23.0 Å². The maximum Gasteiger partial charge on any atom is 0.238 e. The van der Waals surface area contributed by atoms with Gasteiger partial charge in [-0.1, -0.05) is 31.2 Å². The highest BCUT2D eigenvalue weighted by Gasteiger charge is 2.31. The van der Waals surface area contributed by atoms with Crippen LogP contribution in [-0.2, 0) is 21.2 Å². The molecular formula is C14H20N2O3S. The molecule has 0 aliphatic heterocycles. The number of carbonyl (C=O) groups is 1. The van der Waals surface area contributed by atoms with E-state index in [9.17, 15) is 13.2 Å². The molecule has 1 aliphatic carbocycles. The molecule has 0 saturated carbocycles. The molecule has 1 aromatic carbocycles. The van der Waals surface area contributed by atoms with E-state index in [-0.39, 0.29) is 11.9 Å². The summed E-state index contributed by atoms with van der Waals surface area (Å²) in [5.74, 6) is 0.00533. The number of sulfonamides is 1. The van der Waals surface area contributed by atoms with E-state index in [1.165, 1.54) is 5.56 Å². The fourth-order valence-electron chi connectivity index (χ4n) is 2.67. The number of fused-ring (bicyclic) bond motifs is 1. The molecule has 110 valence electrons. The number of rotatable bonds is 4. The van der Waals surface area contributed by atoms with Crippen LogP contribution in [0.4, 0.5) is 0 Å². The van der Waals surface area contributed by atoms with Gasteiger partial charge in [0.05, 0.1) is 18.3 Å². The summed E-state index contributed by atoms with van der Waals surface area (Å²) in [6.07, 6.45) is 1.97.